The second-order valence-electron chi connectivity index (χ2n) is 4.81. The maximum Gasteiger partial charge on any atom is 0.0130 e. The Morgan fingerprint density at radius 1 is 1.08 bits per heavy atom. The molecular formula is C11H21N. The van der Waals surface area contributed by atoms with Crippen molar-refractivity contribution in [1.29, 1.82) is 0 Å². The van der Waals surface area contributed by atoms with Gasteiger partial charge in [0.05, 0.1) is 0 Å². The van der Waals surface area contributed by atoms with Crippen molar-refractivity contribution >= 4 is 0 Å². The van der Waals surface area contributed by atoms with Gasteiger partial charge in [0.15, 0.2) is 0 Å². The molecular weight excluding hydrogens is 146 g/mol. The lowest BCUT2D eigenvalue weighted by Crippen LogP contribution is -2.33. The molecule has 1 aliphatic carbocycles. The molecule has 2 rings (SSSR count). The predicted octanol–water partition coefficient (Wildman–Crippen LogP) is 2.52. The van der Waals surface area contributed by atoms with Crippen molar-refractivity contribution in [3.05, 3.63) is 0 Å². The highest BCUT2D eigenvalue weighted by molar-refractivity contribution is 4.97. The van der Waals surface area contributed by atoms with E-state index in [0.29, 0.717) is 0 Å². The number of hydrogen-bond acceptors (Lipinski definition) is 1. The first-order chi connectivity index (χ1) is 5.79. The van der Waals surface area contributed by atoms with E-state index in [9.17, 15) is 0 Å². The standard InChI is InChI=1S/C11H21N/c1-9(2)10-8-11(10)12-6-4-3-5-7-12/h9-11H,3-8H2,1-2H3. The van der Waals surface area contributed by atoms with E-state index < -0.39 is 0 Å². The molecule has 1 heteroatoms. The molecule has 1 aliphatic heterocycles. The van der Waals surface area contributed by atoms with Crippen molar-refractivity contribution in [3.8, 4) is 0 Å². The van der Waals surface area contributed by atoms with Crippen molar-refractivity contribution in [2.75, 3.05) is 13.1 Å². The SMILES string of the molecule is CC(C)C1CC1N1CCCCC1. The highest BCUT2D eigenvalue weighted by Gasteiger charge is 2.43. The third-order valence-electron chi connectivity index (χ3n) is 3.52. The lowest BCUT2D eigenvalue weighted by atomic mass is 10.1. The van der Waals surface area contributed by atoms with Crippen LogP contribution in [0.15, 0.2) is 0 Å². The Bertz CT molecular complexity index is 147. The van der Waals surface area contributed by atoms with Gasteiger partial charge in [-0.1, -0.05) is 20.3 Å². The van der Waals surface area contributed by atoms with Crippen LogP contribution < -0.4 is 0 Å². The number of piperidine rings is 1. The lowest BCUT2D eigenvalue weighted by molar-refractivity contribution is 0.203. The molecule has 0 aromatic heterocycles. The molecule has 2 fully saturated rings. The molecule has 2 atom stereocenters. The molecule has 12 heavy (non-hydrogen) atoms. The van der Waals surface area contributed by atoms with E-state index in [1.54, 1.807) is 0 Å². The van der Waals surface area contributed by atoms with Gasteiger partial charge in [0.25, 0.3) is 0 Å². The first-order valence-corrected chi connectivity index (χ1v) is 5.53. The van der Waals surface area contributed by atoms with Gasteiger partial charge in [-0.05, 0) is 44.2 Å². The number of rotatable bonds is 2. The van der Waals surface area contributed by atoms with Crippen LogP contribution in [0.5, 0.6) is 0 Å². The number of likely N-dealkylation sites (tertiary alicyclic amines) is 1. The van der Waals surface area contributed by atoms with Gasteiger partial charge in [0.2, 0.25) is 0 Å². The average molecular weight is 167 g/mol. The van der Waals surface area contributed by atoms with E-state index in [1.807, 2.05) is 0 Å². The molecule has 70 valence electrons. The van der Waals surface area contributed by atoms with Gasteiger partial charge >= 0.3 is 0 Å². The minimum atomic E-state index is 0.914. The molecule has 0 bridgehead atoms. The first-order valence-electron chi connectivity index (χ1n) is 5.53. The summed E-state index contributed by atoms with van der Waals surface area (Å²) in [6.45, 7) is 7.50. The average Bonchev–Trinajstić information content (AvgIpc) is 2.84. The van der Waals surface area contributed by atoms with E-state index >= 15 is 0 Å². The summed E-state index contributed by atoms with van der Waals surface area (Å²) in [6.07, 6.45) is 5.84. The van der Waals surface area contributed by atoms with Crippen molar-refractivity contribution < 1.29 is 0 Å². The van der Waals surface area contributed by atoms with Crippen molar-refractivity contribution in [2.45, 2.75) is 45.6 Å². The molecule has 0 aromatic rings. The molecule has 0 N–H and O–H groups in total. The van der Waals surface area contributed by atoms with E-state index in [2.05, 4.69) is 18.7 Å². The molecule has 0 spiro atoms. The monoisotopic (exact) mass is 167 g/mol. The van der Waals surface area contributed by atoms with E-state index in [-0.39, 0.29) is 0 Å². The summed E-state index contributed by atoms with van der Waals surface area (Å²) < 4.78 is 0. The normalized spacial score (nSPS) is 37.2. The number of nitrogens with zero attached hydrogens (tertiary/aromatic N) is 1. The molecule has 1 heterocycles. The smallest absolute Gasteiger partial charge is 0.0130 e. The van der Waals surface area contributed by atoms with Gasteiger partial charge in [-0.25, -0.2) is 0 Å². The summed E-state index contributed by atoms with van der Waals surface area (Å²) in [4.78, 5) is 2.73. The summed E-state index contributed by atoms with van der Waals surface area (Å²) in [5, 5.41) is 0. The Morgan fingerprint density at radius 2 is 1.75 bits per heavy atom. The molecule has 1 nitrogen and oxygen atoms in total. The summed E-state index contributed by atoms with van der Waals surface area (Å²) >= 11 is 0. The minimum absolute atomic E-state index is 0.914. The summed E-state index contributed by atoms with van der Waals surface area (Å²) in [6, 6.07) is 0.977. The summed E-state index contributed by atoms with van der Waals surface area (Å²) in [5.74, 6) is 1.94. The minimum Gasteiger partial charge on any atom is -0.300 e. The van der Waals surface area contributed by atoms with Crippen LogP contribution >= 0.6 is 0 Å². The summed E-state index contributed by atoms with van der Waals surface area (Å²) in [7, 11) is 0. The Labute approximate surface area is 76.1 Å². The second kappa shape index (κ2) is 3.37. The van der Waals surface area contributed by atoms with Crippen LogP contribution in [0.3, 0.4) is 0 Å². The Hall–Kier alpha value is -0.0400. The Balaban J connectivity index is 1.79. The van der Waals surface area contributed by atoms with Crippen LogP contribution in [0.1, 0.15) is 39.5 Å². The van der Waals surface area contributed by atoms with Crippen LogP contribution in [-0.4, -0.2) is 24.0 Å². The van der Waals surface area contributed by atoms with Gasteiger partial charge in [-0.2, -0.15) is 0 Å². The van der Waals surface area contributed by atoms with Crippen LogP contribution in [-0.2, 0) is 0 Å². The molecule has 0 radical (unpaired) electrons. The predicted molar refractivity (Wildman–Crippen MR) is 52.2 cm³/mol. The largest absolute Gasteiger partial charge is 0.300 e. The number of hydrogen-bond donors (Lipinski definition) is 0. The fraction of sp³-hybridized carbons (Fsp3) is 1.00. The van der Waals surface area contributed by atoms with E-state index in [1.165, 1.54) is 38.8 Å². The van der Waals surface area contributed by atoms with Gasteiger partial charge in [-0.3, -0.25) is 0 Å². The van der Waals surface area contributed by atoms with Crippen LogP contribution in [0, 0.1) is 11.8 Å². The molecule has 2 aliphatic rings. The second-order valence-corrected chi connectivity index (χ2v) is 4.81. The maximum atomic E-state index is 2.73. The lowest BCUT2D eigenvalue weighted by Gasteiger charge is -2.27. The van der Waals surface area contributed by atoms with Crippen molar-refractivity contribution in [1.82, 2.24) is 4.90 Å². The quantitative estimate of drug-likeness (QED) is 0.611. The fourth-order valence-corrected chi connectivity index (χ4v) is 2.59. The van der Waals surface area contributed by atoms with Gasteiger partial charge in [-0.15, -0.1) is 0 Å². The first kappa shape index (κ1) is 8.55. The van der Waals surface area contributed by atoms with Crippen molar-refractivity contribution in [2.24, 2.45) is 11.8 Å². The zero-order valence-electron chi connectivity index (χ0n) is 8.42. The third-order valence-corrected chi connectivity index (χ3v) is 3.52. The Kier molecular flexibility index (Phi) is 2.40. The zero-order chi connectivity index (χ0) is 8.55. The van der Waals surface area contributed by atoms with Crippen LogP contribution in [0.2, 0.25) is 0 Å². The van der Waals surface area contributed by atoms with Gasteiger partial charge < -0.3 is 4.90 Å². The van der Waals surface area contributed by atoms with Crippen molar-refractivity contribution in [3.63, 3.8) is 0 Å². The highest BCUT2D eigenvalue weighted by atomic mass is 15.2. The summed E-state index contributed by atoms with van der Waals surface area (Å²) in [5.41, 5.74) is 0. The third kappa shape index (κ3) is 1.66. The van der Waals surface area contributed by atoms with Crippen LogP contribution in [0.25, 0.3) is 0 Å². The molecule has 1 saturated heterocycles. The molecule has 1 saturated carbocycles. The Morgan fingerprint density at radius 3 is 2.25 bits per heavy atom. The van der Waals surface area contributed by atoms with Crippen LogP contribution in [0.4, 0.5) is 0 Å². The molecule has 2 unspecified atom stereocenters. The highest BCUT2D eigenvalue weighted by Crippen LogP contribution is 2.42. The van der Waals surface area contributed by atoms with Gasteiger partial charge in [0.1, 0.15) is 0 Å². The maximum absolute atomic E-state index is 2.73. The topological polar surface area (TPSA) is 3.24 Å². The zero-order valence-corrected chi connectivity index (χ0v) is 8.42. The molecule has 0 amide bonds. The van der Waals surface area contributed by atoms with E-state index in [4.69, 9.17) is 0 Å². The molecule has 0 aromatic carbocycles. The van der Waals surface area contributed by atoms with Gasteiger partial charge in [0, 0.05) is 6.04 Å². The van der Waals surface area contributed by atoms with E-state index in [0.717, 1.165) is 17.9 Å². The fourth-order valence-electron chi connectivity index (χ4n) is 2.59.